The van der Waals surface area contributed by atoms with Crippen LogP contribution in [0.1, 0.15) is 31.8 Å². The van der Waals surface area contributed by atoms with Crippen molar-refractivity contribution in [1.82, 2.24) is 0 Å². The molecule has 2 heterocycles. The molecule has 0 bridgehead atoms. The quantitative estimate of drug-likeness (QED) is 0.111. The zero-order chi connectivity index (χ0) is 46.2. The van der Waals surface area contributed by atoms with E-state index in [0.29, 0.717) is 55.7 Å². The summed E-state index contributed by atoms with van der Waals surface area (Å²) >= 11 is 0. The van der Waals surface area contributed by atoms with Gasteiger partial charge in [-0.1, -0.05) is 60.7 Å². The molecule has 0 atom stereocenters. The second-order valence-electron chi connectivity index (χ2n) is 15.1. The second-order valence-corrected chi connectivity index (χ2v) is 15.1. The van der Waals surface area contributed by atoms with Crippen molar-refractivity contribution in [3.8, 4) is 45.3 Å². The number of ether oxygens (including phenoxy) is 2. The predicted molar refractivity (Wildman–Crippen MR) is 247 cm³/mol. The van der Waals surface area contributed by atoms with Crippen molar-refractivity contribution < 1.29 is 46.9 Å². The Morgan fingerprint density at radius 2 is 0.864 bits per heavy atom. The Balaban J connectivity index is 0.000000166. The Morgan fingerprint density at radius 1 is 0.470 bits per heavy atom. The fraction of sp³-hybridized carbons (Fsp3) is 0.0370. The lowest BCUT2D eigenvalue weighted by Crippen LogP contribution is -2.08. The number of phenols is 2. The number of rotatable bonds is 8. The molecule has 12 heteroatoms. The summed E-state index contributed by atoms with van der Waals surface area (Å²) in [6.45, 7) is 0. The lowest BCUT2D eigenvalue weighted by atomic mass is 9.94. The van der Waals surface area contributed by atoms with Crippen molar-refractivity contribution in [1.29, 1.82) is 0 Å². The van der Waals surface area contributed by atoms with Crippen LogP contribution < -0.4 is 20.3 Å². The van der Waals surface area contributed by atoms with Gasteiger partial charge in [0.1, 0.15) is 57.0 Å². The van der Waals surface area contributed by atoms with E-state index in [1.807, 2.05) is 60.7 Å². The van der Waals surface area contributed by atoms with Crippen LogP contribution in [0.15, 0.2) is 176 Å². The third-order valence-electron chi connectivity index (χ3n) is 11.1. The summed E-state index contributed by atoms with van der Waals surface area (Å²) in [6, 6.07) is 40.6. The molecule has 0 fully saturated rings. The fourth-order valence-electron chi connectivity index (χ4n) is 7.75. The van der Waals surface area contributed by atoms with E-state index < -0.39 is 23.2 Å². The molecule has 0 spiro atoms. The number of carbonyl (C=O) groups excluding carboxylic acids is 2. The number of hydrogen-bond acceptors (Lipinski definition) is 10. The van der Waals surface area contributed by atoms with Gasteiger partial charge in [-0.2, -0.15) is 0 Å². The summed E-state index contributed by atoms with van der Waals surface area (Å²) in [5.74, 6) is -2.25. The summed E-state index contributed by atoms with van der Waals surface area (Å²) in [6.07, 6.45) is 0. The van der Waals surface area contributed by atoms with E-state index in [9.17, 15) is 38.2 Å². The first-order chi connectivity index (χ1) is 31.9. The minimum absolute atomic E-state index is 0.122. The SMILES string of the molecule is COc1ccc2oc3c(-c4ccccc4)cc(C(=O)c4cc(F)ccc4O)cc3c(=O)c2c1.COc1ccc2oc3c(-c4ccccc4)cc(C(=O)c4cc(F)ccc4O)cc3c(=O)c2c1. The molecular formula is C54H34F2O10. The topological polar surface area (TPSA) is 153 Å². The summed E-state index contributed by atoms with van der Waals surface area (Å²) < 4.78 is 50.3. The number of carbonyl (C=O) groups is 2. The van der Waals surface area contributed by atoms with E-state index in [2.05, 4.69) is 0 Å². The maximum Gasteiger partial charge on any atom is 0.200 e. The number of methoxy groups -OCH3 is 2. The molecule has 0 aliphatic rings. The molecule has 324 valence electrons. The second kappa shape index (κ2) is 17.3. The van der Waals surface area contributed by atoms with Gasteiger partial charge in [-0.25, -0.2) is 8.78 Å². The molecule has 0 aliphatic carbocycles. The summed E-state index contributed by atoms with van der Waals surface area (Å²) in [7, 11) is 3.00. The predicted octanol–water partition coefficient (Wildman–Crippen LogP) is 11.4. The van der Waals surface area contributed by atoms with Gasteiger partial charge >= 0.3 is 0 Å². The van der Waals surface area contributed by atoms with Crippen LogP contribution in [0.5, 0.6) is 23.0 Å². The molecule has 66 heavy (non-hydrogen) atoms. The van der Waals surface area contributed by atoms with Gasteiger partial charge in [-0.05, 0) is 108 Å². The zero-order valence-corrected chi connectivity index (χ0v) is 34.9. The van der Waals surface area contributed by atoms with E-state index in [-0.39, 0.29) is 55.4 Å². The van der Waals surface area contributed by atoms with E-state index in [1.165, 1.54) is 26.4 Å². The average Bonchev–Trinajstić information content (AvgIpc) is 3.35. The van der Waals surface area contributed by atoms with Crippen LogP contribution in [-0.4, -0.2) is 36.0 Å². The van der Waals surface area contributed by atoms with Crippen molar-refractivity contribution in [3.63, 3.8) is 0 Å². The van der Waals surface area contributed by atoms with Crippen LogP contribution in [-0.2, 0) is 0 Å². The lowest BCUT2D eigenvalue weighted by Gasteiger charge is -2.11. The molecular weight excluding hydrogens is 847 g/mol. The maximum atomic E-state index is 13.8. The largest absolute Gasteiger partial charge is 0.507 e. The van der Waals surface area contributed by atoms with Crippen molar-refractivity contribution in [3.05, 3.63) is 212 Å². The number of halogens is 2. The molecule has 0 saturated carbocycles. The summed E-state index contributed by atoms with van der Waals surface area (Å²) in [5, 5.41) is 21.3. The lowest BCUT2D eigenvalue weighted by molar-refractivity contribution is 0.102. The molecule has 0 radical (unpaired) electrons. The Morgan fingerprint density at radius 3 is 1.24 bits per heavy atom. The van der Waals surface area contributed by atoms with Gasteiger partial charge in [0.25, 0.3) is 0 Å². The first kappa shape index (κ1) is 42.4. The van der Waals surface area contributed by atoms with Crippen LogP contribution in [0.4, 0.5) is 8.78 Å². The Bertz CT molecular complexity index is 3450. The number of benzene rings is 8. The van der Waals surface area contributed by atoms with Crippen LogP contribution in [0.25, 0.3) is 66.1 Å². The van der Waals surface area contributed by atoms with Crippen molar-refractivity contribution in [2.75, 3.05) is 14.2 Å². The molecule has 2 aromatic heterocycles. The Labute approximate surface area is 372 Å². The molecule has 8 aromatic carbocycles. The number of aromatic hydroxyl groups is 2. The van der Waals surface area contributed by atoms with Crippen molar-refractivity contribution in [2.45, 2.75) is 0 Å². The third-order valence-corrected chi connectivity index (χ3v) is 11.1. The van der Waals surface area contributed by atoms with Crippen molar-refractivity contribution in [2.24, 2.45) is 0 Å². The highest BCUT2D eigenvalue weighted by Crippen LogP contribution is 2.36. The van der Waals surface area contributed by atoms with E-state index in [4.69, 9.17) is 18.3 Å². The highest BCUT2D eigenvalue weighted by molar-refractivity contribution is 6.15. The average molecular weight is 881 g/mol. The molecule has 10 aromatic rings. The van der Waals surface area contributed by atoms with Gasteiger partial charge in [-0.3, -0.25) is 19.2 Å². The zero-order valence-electron chi connectivity index (χ0n) is 34.9. The first-order valence-corrected chi connectivity index (χ1v) is 20.3. The normalized spacial score (nSPS) is 11.1. The molecule has 10 rings (SSSR count). The van der Waals surface area contributed by atoms with Crippen LogP contribution in [0.2, 0.25) is 0 Å². The number of hydrogen-bond donors (Lipinski definition) is 2. The molecule has 0 unspecified atom stereocenters. The molecule has 10 nitrogen and oxygen atoms in total. The van der Waals surface area contributed by atoms with Gasteiger partial charge < -0.3 is 28.5 Å². The van der Waals surface area contributed by atoms with Gasteiger partial charge in [0.15, 0.2) is 11.6 Å². The number of phenolic OH excluding ortho intramolecular Hbond substituents is 2. The Kier molecular flexibility index (Phi) is 11.1. The first-order valence-electron chi connectivity index (χ1n) is 20.3. The smallest absolute Gasteiger partial charge is 0.200 e. The van der Waals surface area contributed by atoms with E-state index in [0.717, 1.165) is 47.5 Å². The standard InChI is InChI=1S/2C27H17FO5/c2*1-32-18-8-10-24-21(14-18)26(31)22-12-16(25(30)20-13-17(28)7-9-23(20)29)11-19(27(22)33-24)15-5-3-2-4-6-15/h2*2-14,29H,1H3. The minimum atomic E-state index is -0.655. The van der Waals surface area contributed by atoms with Crippen molar-refractivity contribution >= 4 is 55.4 Å². The van der Waals surface area contributed by atoms with Gasteiger partial charge in [-0.15, -0.1) is 0 Å². The minimum Gasteiger partial charge on any atom is -0.507 e. The Hall–Kier alpha value is -8.90. The molecule has 0 amide bonds. The van der Waals surface area contributed by atoms with Gasteiger partial charge in [0.05, 0.1) is 46.9 Å². The van der Waals surface area contributed by atoms with Crippen LogP contribution in [0, 0.1) is 11.6 Å². The van der Waals surface area contributed by atoms with E-state index >= 15 is 0 Å². The van der Waals surface area contributed by atoms with Gasteiger partial charge in [0.2, 0.25) is 10.9 Å². The molecule has 2 N–H and O–H groups in total. The fourth-order valence-corrected chi connectivity index (χ4v) is 7.75. The highest BCUT2D eigenvalue weighted by Gasteiger charge is 2.23. The van der Waals surface area contributed by atoms with E-state index in [1.54, 1.807) is 48.5 Å². The third kappa shape index (κ3) is 7.88. The summed E-state index contributed by atoms with van der Waals surface area (Å²) in [5.41, 5.74) is 3.12. The maximum absolute atomic E-state index is 13.8. The van der Waals surface area contributed by atoms with Crippen LogP contribution >= 0.6 is 0 Å². The van der Waals surface area contributed by atoms with Crippen LogP contribution in [0.3, 0.4) is 0 Å². The monoisotopic (exact) mass is 880 g/mol. The number of ketones is 2. The highest BCUT2D eigenvalue weighted by atomic mass is 19.1. The summed E-state index contributed by atoms with van der Waals surface area (Å²) in [4.78, 5) is 53.4. The molecule has 0 aliphatic heterocycles. The van der Waals surface area contributed by atoms with Gasteiger partial charge in [0, 0.05) is 22.3 Å². The molecule has 0 saturated heterocycles. The number of fused-ring (bicyclic) bond motifs is 4.